The first-order valence-corrected chi connectivity index (χ1v) is 9.52. The highest BCUT2D eigenvalue weighted by atomic mass is 16.5. The van der Waals surface area contributed by atoms with E-state index in [0.29, 0.717) is 31.7 Å². The van der Waals surface area contributed by atoms with Gasteiger partial charge in [-0.1, -0.05) is 32.1 Å². The third-order valence-electron chi connectivity index (χ3n) is 5.03. The molecule has 0 radical (unpaired) electrons. The Morgan fingerprint density at radius 1 is 1.04 bits per heavy atom. The Morgan fingerprint density at radius 2 is 1.70 bits per heavy atom. The predicted molar refractivity (Wildman–Crippen MR) is 91.4 cm³/mol. The summed E-state index contributed by atoms with van der Waals surface area (Å²) in [5.41, 5.74) is 0. The van der Waals surface area contributed by atoms with E-state index in [-0.39, 0.29) is 12.5 Å². The van der Waals surface area contributed by atoms with Crippen LogP contribution in [0.2, 0.25) is 0 Å². The van der Waals surface area contributed by atoms with Crippen molar-refractivity contribution >= 4 is 5.91 Å². The van der Waals surface area contributed by atoms with Gasteiger partial charge in [0, 0.05) is 32.3 Å². The van der Waals surface area contributed by atoms with Gasteiger partial charge in [-0.15, -0.1) is 0 Å². The summed E-state index contributed by atoms with van der Waals surface area (Å²) in [6.45, 7) is 3.23. The van der Waals surface area contributed by atoms with E-state index in [4.69, 9.17) is 9.84 Å². The van der Waals surface area contributed by atoms with Crippen LogP contribution in [0.25, 0.3) is 0 Å². The fourth-order valence-corrected chi connectivity index (χ4v) is 3.63. The normalized spacial score (nSPS) is 22.5. The zero-order valence-electron chi connectivity index (χ0n) is 14.5. The van der Waals surface area contributed by atoms with Crippen molar-refractivity contribution in [2.75, 3.05) is 32.8 Å². The van der Waals surface area contributed by atoms with Gasteiger partial charge in [0.25, 0.3) is 0 Å². The number of piperidine rings is 1. The molecule has 0 aromatic heterocycles. The lowest BCUT2D eigenvalue weighted by molar-refractivity contribution is -0.123. The Hall–Kier alpha value is -0.650. The summed E-state index contributed by atoms with van der Waals surface area (Å²) in [6, 6.07) is 0.391. The van der Waals surface area contributed by atoms with Crippen LogP contribution in [0, 0.1) is 0 Å². The van der Waals surface area contributed by atoms with Crippen LogP contribution < -0.4 is 5.32 Å². The van der Waals surface area contributed by atoms with Crippen molar-refractivity contribution in [2.24, 2.45) is 0 Å². The van der Waals surface area contributed by atoms with E-state index in [1.54, 1.807) is 0 Å². The Balaban J connectivity index is 1.60. The van der Waals surface area contributed by atoms with Crippen LogP contribution in [0.3, 0.4) is 0 Å². The SMILES string of the molecule is O=C(CN1CCC(OCCCO)CC1)NC1CCCCCCC1. The average molecular weight is 326 g/mol. The van der Waals surface area contributed by atoms with Crippen molar-refractivity contribution in [1.29, 1.82) is 0 Å². The first-order valence-electron chi connectivity index (χ1n) is 9.52. The molecule has 1 aliphatic heterocycles. The van der Waals surface area contributed by atoms with Gasteiger partial charge in [-0.25, -0.2) is 0 Å². The number of ether oxygens (including phenoxy) is 1. The first-order chi connectivity index (χ1) is 11.3. The minimum Gasteiger partial charge on any atom is -0.396 e. The summed E-state index contributed by atoms with van der Waals surface area (Å²) >= 11 is 0. The van der Waals surface area contributed by atoms with Gasteiger partial charge in [0.2, 0.25) is 5.91 Å². The molecular formula is C18H34N2O3. The van der Waals surface area contributed by atoms with Crippen molar-refractivity contribution in [3.05, 3.63) is 0 Å². The van der Waals surface area contributed by atoms with Crippen molar-refractivity contribution in [3.63, 3.8) is 0 Å². The van der Waals surface area contributed by atoms with E-state index >= 15 is 0 Å². The molecule has 0 spiro atoms. The number of hydrogen-bond donors (Lipinski definition) is 2. The number of amides is 1. The van der Waals surface area contributed by atoms with E-state index in [0.717, 1.165) is 38.8 Å². The largest absolute Gasteiger partial charge is 0.396 e. The molecule has 1 aliphatic carbocycles. The maximum Gasteiger partial charge on any atom is 0.234 e. The second-order valence-corrected chi connectivity index (χ2v) is 7.03. The molecule has 23 heavy (non-hydrogen) atoms. The number of aliphatic hydroxyl groups excluding tert-OH is 1. The number of hydrogen-bond acceptors (Lipinski definition) is 4. The Bertz CT molecular complexity index is 322. The van der Waals surface area contributed by atoms with E-state index in [9.17, 15) is 4.79 Å². The smallest absolute Gasteiger partial charge is 0.234 e. The average Bonchev–Trinajstić information content (AvgIpc) is 2.52. The molecule has 0 aromatic rings. The predicted octanol–water partition coefficient (Wildman–Crippen LogP) is 2.08. The van der Waals surface area contributed by atoms with Crippen LogP contribution in [0.15, 0.2) is 0 Å². The molecule has 1 heterocycles. The van der Waals surface area contributed by atoms with Gasteiger partial charge in [-0.3, -0.25) is 9.69 Å². The molecule has 1 amide bonds. The molecular weight excluding hydrogens is 292 g/mol. The number of carbonyl (C=O) groups excluding carboxylic acids is 1. The quantitative estimate of drug-likeness (QED) is 0.703. The molecule has 0 unspecified atom stereocenters. The van der Waals surface area contributed by atoms with Gasteiger partial charge in [0.15, 0.2) is 0 Å². The number of likely N-dealkylation sites (tertiary alicyclic amines) is 1. The van der Waals surface area contributed by atoms with Crippen molar-refractivity contribution in [2.45, 2.75) is 76.4 Å². The topological polar surface area (TPSA) is 61.8 Å². The number of aliphatic hydroxyl groups is 1. The zero-order chi connectivity index (χ0) is 16.3. The Kier molecular flexibility index (Phi) is 8.94. The second-order valence-electron chi connectivity index (χ2n) is 7.03. The summed E-state index contributed by atoms with van der Waals surface area (Å²) in [5, 5.41) is 12.0. The van der Waals surface area contributed by atoms with Crippen LogP contribution in [0.5, 0.6) is 0 Å². The summed E-state index contributed by atoms with van der Waals surface area (Å²) in [7, 11) is 0. The van der Waals surface area contributed by atoms with Crippen molar-refractivity contribution in [1.82, 2.24) is 10.2 Å². The van der Waals surface area contributed by atoms with Crippen molar-refractivity contribution < 1.29 is 14.6 Å². The molecule has 1 saturated heterocycles. The monoisotopic (exact) mass is 326 g/mol. The minimum absolute atomic E-state index is 0.190. The van der Waals surface area contributed by atoms with E-state index in [2.05, 4.69) is 10.2 Å². The van der Waals surface area contributed by atoms with Gasteiger partial charge in [0.05, 0.1) is 12.6 Å². The molecule has 2 aliphatic rings. The van der Waals surface area contributed by atoms with Gasteiger partial charge >= 0.3 is 0 Å². The lowest BCUT2D eigenvalue weighted by Crippen LogP contribution is -2.45. The zero-order valence-corrected chi connectivity index (χ0v) is 14.5. The lowest BCUT2D eigenvalue weighted by atomic mass is 9.97. The van der Waals surface area contributed by atoms with Crippen LogP contribution in [0.4, 0.5) is 0 Å². The number of rotatable bonds is 7. The summed E-state index contributed by atoms with van der Waals surface area (Å²) < 4.78 is 5.74. The molecule has 2 rings (SSSR count). The van der Waals surface area contributed by atoms with Crippen LogP contribution in [-0.4, -0.2) is 60.9 Å². The second kappa shape index (κ2) is 11.0. The Labute approximate surface area is 140 Å². The molecule has 0 atom stereocenters. The summed E-state index contributed by atoms with van der Waals surface area (Å²) in [6.07, 6.45) is 11.8. The molecule has 134 valence electrons. The standard InChI is InChI=1S/C18H34N2O3/c21-13-6-14-23-17-9-11-20(12-10-17)15-18(22)19-16-7-4-2-1-3-5-8-16/h16-17,21H,1-15H2,(H,19,22). The fraction of sp³-hybridized carbons (Fsp3) is 0.944. The van der Waals surface area contributed by atoms with E-state index in [1.165, 1.54) is 32.1 Å². The van der Waals surface area contributed by atoms with Crippen LogP contribution >= 0.6 is 0 Å². The third-order valence-corrected chi connectivity index (χ3v) is 5.03. The highest BCUT2D eigenvalue weighted by Crippen LogP contribution is 2.17. The van der Waals surface area contributed by atoms with Gasteiger partial charge in [-0.05, 0) is 32.1 Å². The third kappa shape index (κ3) is 7.64. The molecule has 0 bridgehead atoms. The highest BCUT2D eigenvalue weighted by molar-refractivity contribution is 5.78. The molecule has 1 saturated carbocycles. The highest BCUT2D eigenvalue weighted by Gasteiger charge is 2.22. The molecule has 5 heteroatoms. The van der Waals surface area contributed by atoms with Crippen LogP contribution in [-0.2, 0) is 9.53 Å². The summed E-state index contributed by atoms with van der Waals surface area (Å²) in [4.78, 5) is 14.5. The maximum absolute atomic E-state index is 12.3. The van der Waals surface area contributed by atoms with Gasteiger partial charge in [0.1, 0.15) is 0 Å². The number of carbonyl (C=O) groups is 1. The minimum atomic E-state index is 0.190. The fourth-order valence-electron chi connectivity index (χ4n) is 3.63. The molecule has 5 nitrogen and oxygen atoms in total. The molecule has 0 aromatic carbocycles. The van der Waals surface area contributed by atoms with Gasteiger partial charge < -0.3 is 15.2 Å². The van der Waals surface area contributed by atoms with Crippen LogP contribution in [0.1, 0.15) is 64.2 Å². The lowest BCUT2D eigenvalue weighted by Gasteiger charge is -2.32. The maximum atomic E-state index is 12.3. The van der Waals surface area contributed by atoms with Crippen molar-refractivity contribution in [3.8, 4) is 0 Å². The van der Waals surface area contributed by atoms with Gasteiger partial charge in [-0.2, -0.15) is 0 Å². The molecule has 2 N–H and O–H groups in total. The van der Waals surface area contributed by atoms with E-state index in [1.807, 2.05) is 0 Å². The summed E-state index contributed by atoms with van der Waals surface area (Å²) in [5.74, 6) is 0.190. The van der Waals surface area contributed by atoms with E-state index < -0.39 is 0 Å². The molecule has 2 fully saturated rings. The Morgan fingerprint density at radius 3 is 2.35 bits per heavy atom. The number of nitrogens with zero attached hydrogens (tertiary/aromatic N) is 1. The number of nitrogens with one attached hydrogen (secondary N) is 1. The first kappa shape index (κ1) is 18.7.